The molecule has 0 bridgehead atoms. The van der Waals surface area contributed by atoms with Crippen LogP contribution in [0.25, 0.3) is 0 Å². The summed E-state index contributed by atoms with van der Waals surface area (Å²) in [6, 6.07) is 13.4. The summed E-state index contributed by atoms with van der Waals surface area (Å²) in [6.07, 6.45) is -0.818. The van der Waals surface area contributed by atoms with Gasteiger partial charge >= 0.3 is 0 Å². The van der Waals surface area contributed by atoms with Crippen LogP contribution in [0.5, 0.6) is 0 Å². The number of nitrogens with one attached hydrogen (secondary N) is 1. The van der Waals surface area contributed by atoms with Crippen molar-refractivity contribution >= 4 is 23.5 Å². The lowest BCUT2D eigenvalue weighted by Gasteiger charge is -2.41. The quantitative estimate of drug-likeness (QED) is 0.503. The molecule has 1 saturated heterocycles. The first-order valence-electron chi connectivity index (χ1n) is 11.4. The molecule has 1 aliphatic rings. The van der Waals surface area contributed by atoms with Gasteiger partial charge < -0.3 is 16.0 Å². The molecule has 1 aliphatic heterocycles. The van der Waals surface area contributed by atoms with Gasteiger partial charge in [0.1, 0.15) is 28.2 Å². The van der Waals surface area contributed by atoms with Crippen LogP contribution in [-0.4, -0.2) is 42.5 Å². The molecule has 0 saturated carbocycles. The predicted octanol–water partition coefficient (Wildman–Crippen LogP) is 3.92. The Bertz CT molecular complexity index is 1140. The molecule has 2 aromatic rings. The molecule has 3 N–H and O–H groups in total. The molecule has 7 nitrogen and oxygen atoms in total. The van der Waals surface area contributed by atoms with Crippen LogP contribution in [0.2, 0.25) is 0 Å². The molecular formula is C25H28F2N6OS. The molecule has 10 heteroatoms. The highest BCUT2D eigenvalue weighted by molar-refractivity contribution is 8.00. The van der Waals surface area contributed by atoms with Crippen molar-refractivity contribution in [3.63, 3.8) is 0 Å². The molecular weight excluding hydrogens is 470 g/mol. The fourth-order valence-electron chi connectivity index (χ4n) is 4.24. The number of pyridine rings is 1. The molecule has 1 aromatic heterocycles. The molecule has 0 spiro atoms. The van der Waals surface area contributed by atoms with Gasteiger partial charge in [0, 0.05) is 18.6 Å². The van der Waals surface area contributed by atoms with Crippen molar-refractivity contribution < 1.29 is 13.6 Å². The van der Waals surface area contributed by atoms with E-state index in [2.05, 4.69) is 17.5 Å². The third kappa shape index (κ3) is 6.08. The number of primary amides is 1. The highest BCUT2D eigenvalue weighted by Crippen LogP contribution is 2.40. The summed E-state index contributed by atoms with van der Waals surface area (Å²) in [5, 5.41) is 22.4. The van der Waals surface area contributed by atoms with Gasteiger partial charge in [-0.15, -0.1) is 0 Å². The average molecular weight is 499 g/mol. The molecule has 3 rings (SSSR count). The average Bonchev–Trinajstić information content (AvgIpc) is 2.86. The van der Waals surface area contributed by atoms with Crippen molar-refractivity contribution in [2.45, 2.75) is 55.4 Å². The van der Waals surface area contributed by atoms with Crippen molar-refractivity contribution in [1.82, 2.24) is 10.3 Å². The molecule has 184 valence electrons. The van der Waals surface area contributed by atoms with Gasteiger partial charge in [-0.3, -0.25) is 4.79 Å². The Morgan fingerprint density at radius 2 is 1.86 bits per heavy atom. The number of halogens is 2. The maximum atomic E-state index is 12.7. The van der Waals surface area contributed by atoms with Gasteiger partial charge in [-0.05, 0) is 37.3 Å². The number of nitriles is 2. The van der Waals surface area contributed by atoms with E-state index >= 15 is 0 Å². The van der Waals surface area contributed by atoms with E-state index in [4.69, 9.17) is 10.7 Å². The first kappa shape index (κ1) is 26.4. The molecule has 1 amide bonds. The molecule has 1 fully saturated rings. The number of aromatic nitrogens is 1. The number of anilines is 1. The summed E-state index contributed by atoms with van der Waals surface area (Å²) in [4.78, 5) is 19.0. The van der Waals surface area contributed by atoms with E-state index in [1.54, 1.807) is 24.3 Å². The molecule has 1 unspecified atom stereocenters. The van der Waals surface area contributed by atoms with E-state index in [0.717, 1.165) is 11.8 Å². The Labute approximate surface area is 208 Å². The van der Waals surface area contributed by atoms with E-state index in [9.17, 15) is 24.1 Å². The predicted molar refractivity (Wildman–Crippen MR) is 131 cm³/mol. The fraction of sp³-hybridized carbons (Fsp3) is 0.440. The van der Waals surface area contributed by atoms with Crippen LogP contribution in [0.4, 0.5) is 14.6 Å². The van der Waals surface area contributed by atoms with Crippen molar-refractivity contribution in [3.8, 4) is 12.1 Å². The summed E-state index contributed by atoms with van der Waals surface area (Å²) in [5.74, 6) is -0.118. The van der Waals surface area contributed by atoms with Gasteiger partial charge in [0.05, 0.1) is 17.7 Å². The first-order chi connectivity index (χ1) is 16.7. The smallest absolute Gasteiger partial charge is 0.250 e. The third-order valence-corrected chi connectivity index (χ3v) is 7.52. The van der Waals surface area contributed by atoms with Gasteiger partial charge in [0.15, 0.2) is 0 Å². The normalized spacial score (nSPS) is 15.9. The summed E-state index contributed by atoms with van der Waals surface area (Å²) >= 11 is 1.10. The Hall–Kier alpha value is -3.21. The van der Waals surface area contributed by atoms with Gasteiger partial charge in [-0.25, -0.2) is 13.8 Å². The number of nitrogens with zero attached hydrogens (tertiary/aromatic N) is 4. The van der Waals surface area contributed by atoms with Crippen molar-refractivity contribution in [2.24, 2.45) is 5.73 Å². The first-order valence-corrected chi connectivity index (χ1v) is 12.3. The minimum Gasteiger partial charge on any atom is -0.368 e. The van der Waals surface area contributed by atoms with Gasteiger partial charge in [0.25, 0.3) is 6.43 Å². The lowest BCUT2D eigenvalue weighted by molar-refractivity contribution is -0.117. The number of hydrogen-bond acceptors (Lipinski definition) is 7. The minimum atomic E-state index is -2.43. The van der Waals surface area contributed by atoms with E-state index in [0.29, 0.717) is 59.9 Å². The zero-order chi connectivity index (χ0) is 25.6. The second-order valence-corrected chi connectivity index (χ2v) is 9.77. The summed E-state index contributed by atoms with van der Waals surface area (Å²) in [6.45, 7) is 4.42. The number of benzene rings is 1. The minimum absolute atomic E-state index is 0.264. The number of amides is 1. The summed E-state index contributed by atoms with van der Waals surface area (Å²) in [7, 11) is 0. The summed E-state index contributed by atoms with van der Waals surface area (Å²) in [5.41, 5.74) is 7.12. The Kier molecular flexibility index (Phi) is 8.66. The van der Waals surface area contributed by atoms with Crippen LogP contribution in [0, 0.1) is 22.7 Å². The Morgan fingerprint density at radius 3 is 2.37 bits per heavy atom. The van der Waals surface area contributed by atoms with Gasteiger partial charge in [0.2, 0.25) is 5.91 Å². The zero-order valence-electron chi connectivity index (χ0n) is 19.7. The summed E-state index contributed by atoms with van der Waals surface area (Å²) < 4.78 is 25.4. The number of rotatable bonds is 9. The monoisotopic (exact) mass is 498 g/mol. The van der Waals surface area contributed by atoms with E-state index < -0.39 is 23.1 Å². The van der Waals surface area contributed by atoms with Crippen LogP contribution in [0.15, 0.2) is 35.4 Å². The van der Waals surface area contributed by atoms with Crippen molar-refractivity contribution in [1.29, 1.82) is 10.5 Å². The van der Waals surface area contributed by atoms with Gasteiger partial charge in [-0.2, -0.15) is 10.5 Å². The highest BCUT2D eigenvalue weighted by Gasteiger charge is 2.33. The van der Waals surface area contributed by atoms with Crippen LogP contribution in [-0.2, 0) is 11.2 Å². The standard InChI is InChI=1S/C25H28F2N6OS/c1-3-17-18(13-28)23(33-11-9-25(2,10-12-33)31-15-20(26)27)32-24(19(17)14-29)35-21(22(30)34)16-7-5-4-6-8-16/h4-8,20-21,31H,3,9-12,15H2,1-2H3,(H2,30,34). The highest BCUT2D eigenvalue weighted by atomic mass is 32.2. The number of thioether (sulfide) groups is 1. The number of carbonyl (C=O) groups is 1. The fourth-order valence-corrected chi connectivity index (χ4v) is 5.30. The van der Waals surface area contributed by atoms with Crippen LogP contribution in [0.1, 0.15) is 54.2 Å². The van der Waals surface area contributed by atoms with E-state index in [1.807, 2.05) is 24.8 Å². The van der Waals surface area contributed by atoms with Crippen molar-refractivity contribution in [3.05, 3.63) is 52.6 Å². The number of hydrogen-bond donors (Lipinski definition) is 2. The zero-order valence-corrected chi connectivity index (χ0v) is 20.5. The number of alkyl halides is 2. The number of piperidine rings is 1. The van der Waals surface area contributed by atoms with Crippen LogP contribution < -0.4 is 16.0 Å². The van der Waals surface area contributed by atoms with Crippen LogP contribution >= 0.6 is 11.8 Å². The molecule has 1 aromatic carbocycles. The van der Waals surface area contributed by atoms with Crippen molar-refractivity contribution in [2.75, 3.05) is 24.5 Å². The molecule has 0 aliphatic carbocycles. The molecule has 1 atom stereocenters. The molecule has 35 heavy (non-hydrogen) atoms. The lowest BCUT2D eigenvalue weighted by Crippen LogP contribution is -2.52. The van der Waals surface area contributed by atoms with E-state index in [1.165, 1.54) is 0 Å². The van der Waals surface area contributed by atoms with Crippen LogP contribution in [0.3, 0.4) is 0 Å². The topological polar surface area (TPSA) is 119 Å². The Balaban J connectivity index is 1.99. The third-order valence-electron chi connectivity index (χ3n) is 6.27. The second-order valence-electron chi connectivity index (χ2n) is 8.68. The SMILES string of the molecule is CCc1c(C#N)c(SC(C(N)=O)c2ccccc2)nc(N2CCC(C)(NCC(F)F)CC2)c1C#N. The van der Waals surface area contributed by atoms with Gasteiger partial charge in [-0.1, -0.05) is 49.0 Å². The van der Waals surface area contributed by atoms with E-state index in [-0.39, 0.29) is 12.1 Å². The molecule has 0 radical (unpaired) electrons. The number of nitrogens with two attached hydrogens (primary N) is 1. The molecule has 2 heterocycles. The number of carbonyl (C=O) groups excluding carboxylic acids is 1. The maximum absolute atomic E-state index is 12.7. The largest absolute Gasteiger partial charge is 0.368 e. The Morgan fingerprint density at radius 1 is 1.23 bits per heavy atom. The maximum Gasteiger partial charge on any atom is 0.250 e. The lowest BCUT2D eigenvalue weighted by atomic mass is 9.89. The second kappa shape index (κ2) is 11.5.